The van der Waals surface area contributed by atoms with Crippen molar-refractivity contribution < 1.29 is 0 Å². The molecular weight excluding hydrogens is 292 g/mol. The Kier molecular flexibility index (Phi) is 4.09. The van der Waals surface area contributed by atoms with Crippen LogP contribution >= 0.6 is 0 Å². The summed E-state index contributed by atoms with van der Waals surface area (Å²) in [6.07, 6.45) is 1.37. The summed E-state index contributed by atoms with van der Waals surface area (Å²) >= 11 is 0. The number of fused-ring (bicyclic) bond motifs is 3. The van der Waals surface area contributed by atoms with Crippen molar-refractivity contribution in [1.29, 1.82) is 0 Å². The lowest BCUT2D eigenvalue weighted by atomic mass is 9.91. The van der Waals surface area contributed by atoms with Crippen LogP contribution in [-0.4, -0.2) is 22.6 Å². The zero-order valence-corrected chi connectivity index (χ0v) is 15.1. The van der Waals surface area contributed by atoms with E-state index in [0.29, 0.717) is 0 Å². The number of hydrogen-bond acceptors (Lipinski definition) is 1. The number of rotatable bonds is 3. The molecule has 2 nitrogen and oxygen atoms in total. The minimum Gasteiger partial charge on any atom is -0.341 e. The Morgan fingerprint density at radius 2 is 1.62 bits per heavy atom. The van der Waals surface area contributed by atoms with Gasteiger partial charge in [0, 0.05) is 48.0 Å². The van der Waals surface area contributed by atoms with E-state index < -0.39 is 0 Å². The van der Waals surface area contributed by atoms with Crippen LogP contribution in [0.1, 0.15) is 32.8 Å². The third-order valence-corrected chi connectivity index (χ3v) is 5.50. The van der Waals surface area contributed by atoms with Crippen molar-refractivity contribution in [3.05, 3.63) is 48.0 Å². The average molecular weight is 320 g/mol. The van der Waals surface area contributed by atoms with Crippen molar-refractivity contribution in [3.8, 4) is 0 Å². The van der Waals surface area contributed by atoms with Crippen LogP contribution in [-0.2, 0) is 13.1 Å². The molecule has 1 aliphatic rings. The fourth-order valence-electron chi connectivity index (χ4n) is 4.72. The Balaban J connectivity index is 1.72. The molecular formula is C22H28N2. The molecule has 2 aromatic carbocycles. The van der Waals surface area contributed by atoms with Crippen molar-refractivity contribution >= 4 is 21.8 Å². The number of nitrogens with zero attached hydrogens (tertiary/aromatic N) is 2. The average Bonchev–Trinajstić information content (AvgIpc) is 2.87. The molecule has 0 saturated carbocycles. The van der Waals surface area contributed by atoms with Crippen molar-refractivity contribution in [2.45, 2.75) is 40.3 Å². The van der Waals surface area contributed by atoms with E-state index in [1.807, 2.05) is 0 Å². The van der Waals surface area contributed by atoms with Gasteiger partial charge in [-0.05, 0) is 48.9 Å². The van der Waals surface area contributed by atoms with E-state index in [-0.39, 0.29) is 0 Å². The monoisotopic (exact) mass is 320 g/mol. The molecule has 2 unspecified atom stereocenters. The Morgan fingerprint density at radius 3 is 2.38 bits per heavy atom. The molecule has 0 amide bonds. The molecule has 1 aromatic heterocycles. The molecule has 4 rings (SSSR count). The minimum absolute atomic E-state index is 0.819. The van der Waals surface area contributed by atoms with E-state index in [2.05, 4.69) is 72.7 Å². The van der Waals surface area contributed by atoms with Gasteiger partial charge in [0.1, 0.15) is 0 Å². The fourth-order valence-corrected chi connectivity index (χ4v) is 4.72. The first-order chi connectivity index (χ1) is 11.7. The first kappa shape index (κ1) is 15.7. The standard InChI is InChI=1S/C22H28N2/c1-4-24-21-8-6-5-7-19(21)20-12-18(9-10-22(20)24)15-23-13-16(2)11-17(3)14-23/h5-10,12,16-17H,4,11,13-15H2,1-3H3. The molecule has 0 aliphatic carbocycles. The van der Waals surface area contributed by atoms with Gasteiger partial charge in [-0.1, -0.05) is 38.1 Å². The first-order valence-corrected chi connectivity index (χ1v) is 9.38. The van der Waals surface area contributed by atoms with E-state index in [0.717, 1.165) is 24.9 Å². The van der Waals surface area contributed by atoms with E-state index in [1.54, 1.807) is 0 Å². The Morgan fingerprint density at radius 1 is 0.917 bits per heavy atom. The highest BCUT2D eigenvalue weighted by Gasteiger charge is 2.22. The third kappa shape index (κ3) is 2.73. The highest BCUT2D eigenvalue weighted by molar-refractivity contribution is 6.08. The molecule has 0 spiro atoms. The predicted octanol–water partition coefficient (Wildman–Crippen LogP) is 5.29. The first-order valence-electron chi connectivity index (χ1n) is 9.38. The van der Waals surface area contributed by atoms with Crippen LogP contribution in [0.5, 0.6) is 0 Å². The summed E-state index contributed by atoms with van der Waals surface area (Å²) in [6.45, 7) is 11.6. The van der Waals surface area contributed by atoms with Crippen LogP contribution in [0.2, 0.25) is 0 Å². The van der Waals surface area contributed by atoms with Crippen molar-refractivity contribution in [2.75, 3.05) is 13.1 Å². The van der Waals surface area contributed by atoms with Crippen LogP contribution in [0.4, 0.5) is 0 Å². The highest BCUT2D eigenvalue weighted by Crippen LogP contribution is 2.30. The summed E-state index contributed by atoms with van der Waals surface area (Å²) in [7, 11) is 0. The number of hydrogen-bond donors (Lipinski definition) is 0. The Labute approximate surface area is 145 Å². The minimum atomic E-state index is 0.819. The molecule has 3 aromatic rings. The second-order valence-electron chi connectivity index (χ2n) is 7.75. The van der Waals surface area contributed by atoms with E-state index in [1.165, 1.54) is 46.9 Å². The van der Waals surface area contributed by atoms with Crippen LogP contribution in [0, 0.1) is 11.8 Å². The van der Waals surface area contributed by atoms with Gasteiger partial charge in [-0.3, -0.25) is 4.90 Å². The van der Waals surface area contributed by atoms with Gasteiger partial charge in [0.2, 0.25) is 0 Å². The zero-order chi connectivity index (χ0) is 16.7. The number of likely N-dealkylation sites (tertiary alicyclic amines) is 1. The quantitative estimate of drug-likeness (QED) is 0.636. The number of piperidine rings is 1. The topological polar surface area (TPSA) is 8.17 Å². The predicted molar refractivity (Wildman–Crippen MR) is 103 cm³/mol. The maximum Gasteiger partial charge on any atom is 0.0491 e. The molecule has 0 radical (unpaired) electrons. The van der Waals surface area contributed by atoms with Gasteiger partial charge in [-0.15, -0.1) is 0 Å². The van der Waals surface area contributed by atoms with Gasteiger partial charge in [0.25, 0.3) is 0 Å². The van der Waals surface area contributed by atoms with E-state index in [9.17, 15) is 0 Å². The zero-order valence-electron chi connectivity index (χ0n) is 15.1. The number of aromatic nitrogens is 1. The molecule has 24 heavy (non-hydrogen) atoms. The van der Waals surface area contributed by atoms with Gasteiger partial charge in [-0.2, -0.15) is 0 Å². The maximum atomic E-state index is 2.64. The smallest absolute Gasteiger partial charge is 0.0491 e. The molecule has 0 bridgehead atoms. The van der Waals surface area contributed by atoms with Crippen LogP contribution < -0.4 is 0 Å². The number of benzene rings is 2. The molecule has 2 heteroatoms. The maximum absolute atomic E-state index is 2.64. The van der Waals surface area contributed by atoms with Crippen molar-refractivity contribution in [1.82, 2.24) is 9.47 Å². The SMILES string of the molecule is CCn1c2ccccc2c2cc(CN3CC(C)CC(C)C3)ccc21. The van der Waals surface area contributed by atoms with E-state index >= 15 is 0 Å². The summed E-state index contributed by atoms with van der Waals surface area (Å²) in [4.78, 5) is 2.64. The summed E-state index contributed by atoms with van der Waals surface area (Å²) in [5.41, 5.74) is 4.16. The Bertz CT molecular complexity index is 851. The third-order valence-electron chi connectivity index (χ3n) is 5.50. The molecule has 126 valence electrons. The van der Waals surface area contributed by atoms with Crippen molar-refractivity contribution in [3.63, 3.8) is 0 Å². The van der Waals surface area contributed by atoms with Gasteiger partial charge in [0.15, 0.2) is 0 Å². The second kappa shape index (κ2) is 6.25. The molecule has 1 saturated heterocycles. The van der Waals surface area contributed by atoms with Crippen LogP contribution in [0.25, 0.3) is 21.8 Å². The highest BCUT2D eigenvalue weighted by atomic mass is 15.1. The molecule has 2 atom stereocenters. The molecule has 1 fully saturated rings. The lowest BCUT2D eigenvalue weighted by Gasteiger charge is -2.35. The van der Waals surface area contributed by atoms with E-state index in [4.69, 9.17) is 0 Å². The normalized spacial score (nSPS) is 22.5. The van der Waals surface area contributed by atoms with Crippen LogP contribution in [0.3, 0.4) is 0 Å². The van der Waals surface area contributed by atoms with Crippen molar-refractivity contribution in [2.24, 2.45) is 11.8 Å². The van der Waals surface area contributed by atoms with Gasteiger partial charge < -0.3 is 4.57 Å². The summed E-state index contributed by atoms with van der Waals surface area (Å²) in [6, 6.07) is 15.9. The largest absolute Gasteiger partial charge is 0.341 e. The summed E-state index contributed by atoms with van der Waals surface area (Å²) in [5, 5.41) is 2.79. The molecule has 2 heterocycles. The summed E-state index contributed by atoms with van der Waals surface area (Å²) in [5.74, 6) is 1.64. The summed E-state index contributed by atoms with van der Waals surface area (Å²) < 4.78 is 2.43. The van der Waals surface area contributed by atoms with Gasteiger partial charge in [-0.25, -0.2) is 0 Å². The number of para-hydroxylation sites is 1. The molecule has 0 N–H and O–H groups in total. The van der Waals surface area contributed by atoms with Gasteiger partial charge >= 0.3 is 0 Å². The lowest BCUT2D eigenvalue weighted by Crippen LogP contribution is -2.38. The Hall–Kier alpha value is -1.80. The molecule has 1 aliphatic heterocycles. The second-order valence-corrected chi connectivity index (χ2v) is 7.75. The fraction of sp³-hybridized carbons (Fsp3) is 0.455. The lowest BCUT2D eigenvalue weighted by molar-refractivity contribution is 0.134. The number of aryl methyl sites for hydroxylation is 1. The van der Waals surface area contributed by atoms with Gasteiger partial charge in [0.05, 0.1) is 0 Å². The van der Waals surface area contributed by atoms with Crippen LogP contribution in [0.15, 0.2) is 42.5 Å².